The van der Waals surface area contributed by atoms with Gasteiger partial charge in [0.15, 0.2) is 0 Å². The molecule has 6 rings (SSSR count). The fraction of sp³-hybridized carbons (Fsp3) is 0.406. The van der Waals surface area contributed by atoms with Gasteiger partial charge in [-0.15, -0.1) is 15.9 Å². The van der Waals surface area contributed by atoms with Crippen molar-refractivity contribution in [2.24, 2.45) is 13.0 Å². The zero-order valence-electron chi connectivity index (χ0n) is 25.3. The van der Waals surface area contributed by atoms with Crippen LogP contribution in [-0.4, -0.2) is 53.1 Å². The van der Waals surface area contributed by atoms with E-state index in [4.69, 9.17) is 4.74 Å². The monoisotopic (exact) mass is 644 g/mol. The van der Waals surface area contributed by atoms with Gasteiger partial charge in [-0.3, -0.25) is 13.9 Å². The largest absolute Gasteiger partial charge is 0.494 e. The van der Waals surface area contributed by atoms with Crippen LogP contribution in [0.1, 0.15) is 70.7 Å². The Morgan fingerprint density at radius 3 is 2.62 bits per heavy atom. The average Bonchev–Trinajstić information content (AvgIpc) is 3.56. The van der Waals surface area contributed by atoms with Crippen molar-refractivity contribution >= 4 is 27.8 Å². The fourth-order valence-corrected chi connectivity index (χ4v) is 9.20. The highest BCUT2D eigenvalue weighted by Gasteiger charge is 2.43. The van der Waals surface area contributed by atoms with E-state index in [9.17, 15) is 32.2 Å². The summed E-state index contributed by atoms with van der Waals surface area (Å²) in [5.74, 6) is -1.12. The first kappa shape index (κ1) is 31.3. The number of hydrogen-bond acceptors (Lipinski definition) is 7. The van der Waals surface area contributed by atoms with Crippen molar-refractivity contribution in [1.82, 2.24) is 19.3 Å². The highest BCUT2D eigenvalue weighted by molar-refractivity contribution is 8.22. The van der Waals surface area contributed by atoms with Crippen LogP contribution < -0.4 is 4.74 Å². The van der Waals surface area contributed by atoms with E-state index in [1.54, 1.807) is 22.1 Å². The van der Waals surface area contributed by atoms with Crippen molar-refractivity contribution in [2.75, 3.05) is 13.7 Å². The maximum absolute atomic E-state index is 13.7. The molecule has 13 heteroatoms. The number of aryl methyl sites for hydroxylation is 2. The van der Waals surface area contributed by atoms with Gasteiger partial charge in [-0.1, -0.05) is 30.3 Å². The number of alkyl halides is 3. The van der Waals surface area contributed by atoms with Gasteiger partial charge in [0, 0.05) is 19.5 Å². The number of nitrogens with zero attached hydrogens (tertiary/aromatic N) is 4. The molecule has 0 fully saturated rings. The van der Waals surface area contributed by atoms with Gasteiger partial charge in [0.25, 0.3) is 0 Å². The molecule has 9 nitrogen and oxygen atoms in total. The van der Waals surface area contributed by atoms with Crippen LogP contribution in [0, 0.1) is 12.8 Å². The van der Waals surface area contributed by atoms with Crippen LogP contribution in [0.5, 0.6) is 5.75 Å². The van der Waals surface area contributed by atoms with Crippen molar-refractivity contribution in [1.29, 1.82) is 0 Å². The molecule has 2 unspecified atom stereocenters. The molecule has 3 atom stereocenters. The van der Waals surface area contributed by atoms with E-state index in [2.05, 4.69) is 10.3 Å². The van der Waals surface area contributed by atoms with E-state index in [0.717, 1.165) is 34.4 Å². The minimum atomic E-state index is -4.63. The molecule has 0 spiro atoms. The summed E-state index contributed by atoms with van der Waals surface area (Å²) >= 11 is 0. The third-order valence-electron chi connectivity index (χ3n) is 9.10. The Bertz CT molecular complexity index is 1810. The second kappa shape index (κ2) is 11.3. The van der Waals surface area contributed by atoms with Crippen LogP contribution in [0.4, 0.5) is 13.2 Å². The molecule has 3 aromatic carbocycles. The molecule has 3 N–H and O–H groups in total. The topological polar surface area (TPSA) is 121 Å². The smallest absolute Gasteiger partial charge is 0.416 e. The summed E-state index contributed by atoms with van der Waals surface area (Å²) in [7, 11) is -0.532. The molecule has 0 radical (unpaired) electrons. The predicted molar refractivity (Wildman–Crippen MR) is 164 cm³/mol. The Labute approximate surface area is 260 Å². The molecule has 0 saturated carbocycles. The van der Waals surface area contributed by atoms with Gasteiger partial charge in [-0.05, 0) is 89.8 Å². The number of carboxylic acids is 1. The lowest BCUT2D eigenvalue weighted by Crippen LogP contribution is -2.33. The maximum Gasteiger partial charge on any atom is 0.416 e. The molecule has 2 heterocycles. The number of hydrogen-bond donors (Lipinski definition) is 3. The molecule has 1 aromatic heterocycles. The van der Waals surface area contributed by atoms with Crippen molar-refractivity contribution in [3.05, 3.63) is 81.4 Å². The number of methoxy groups -OCH3 is 1. The zero-order chi connectivity index (χ0) is 32.4. The second-order valence-electron chi connectivity index (χ2n) is 12.1. The molecule has 0 amide bonds. The van der Waals surface area contributed by atoms with E-state index in [0.29, 0.717) is 47.2 Å². The number of carbonyl (C=O) groups is 1. The van der Waals surface area contributed by atoms with E-state index >= 15 is 0 Å². The van der Waals surface area contributed by atoms with Gasteiger partial charge in [0.2, 0.25) is 0 Å². The van der Waals surface area contributed by atoms with Gasteiger partial charge in [0.05, 0.1) is 30.0 Å². The summed E-state index contributed by atoms with van der Waals surface area (Å²) in [6, 6.07) is 10.2. The summed E-state index contributed by atoms with van der Waals surface area (Å²) in [5, 5.41) is 18.3. The normalized spacial score (nSPS) is 21.2. The van der Waals surface area contributed by atoms with Crippen LogP contribution in [0.2, 0.25) is 0 Å². The number of halogens is 3. The first-order valence-corrected chi connectivity index (χ1v) is 16.2. The molecule has 45 heavy (non-hydrogen) atoms. The number of carboxylic acid groups (broad SMARTS) is 1. The fourth-order valence-electron chi connectivity index (χ4n) is 7.13. The molecular formula is C32H35F3N4O5S. The van der Waals surface area contributed by atoms with Crippen LogP contribution in [0.15, 0.2) is 47.4 Å². The lowest BCUT2D eigenvalue weighted by molar-refractivity contribution is -0.138. The lowest BCUT2D eigenvalue weighted by Gasteiger charge is -2.46. The number of rotatable bonds is 6. The number of aromatic nitrogens is 3. The summed E-state index contributed by atoms with van der Waals surface area (Å²) in [5.41, 5.74) is 4.97. The summed E-state index contributed by atoms with van der Waals surface area (Å²) < 4.78 is 73.5. The molecule has 1 aliphatic carbocycles. The SMILES string of the molecule is COc1cc(C(CC(=O)O)c2ccc(C)c3c2CCC3N2C[C@@H](C)Cc3ccc(C(F)(F)F)cc3S2(O)O)cc2nnn(C)c12. The van der Waals surface area contributed by atoms with E-state index in [1.807, 2.05) is 32.0 Å². The predicted octanol–water partition coefficient (Wildman–Crippen LogP) is 7.12. The Morgan fingerprint density at radius 1 is 1.18 bits per heavy atom. The highest BCUT2D eigenvalue weighted by Crippen LogP contribution is 2.61. The van der Waals surface area contributed by atoms with E-state index < -0.39 is 40.4 Å². The third-order valence-corrected chi connectivity index (χ3v) is 11.1. The number of aliphatic carboxylic acids is 1. The number of ether oxygens (including phenoxy) is 1. The summed E-state index contributed by atoms with van der Waals surface area (Å²) in [6.07, 6.45) is -3.40. The zero-order valence-corrected chi connectivity index (χ0v) is 26.1. The third kappa shape index (κ3) is 5.45. The van der Waals surface area contributed by atoms with Gasteiger partial charge in [-0.2, -0.15) is 17.5 Å². The maximum atomic E-state index is 13.7. The lowest BCUT2D eigenvalue weighted by atomic mass is 9.83. The van der Waals surface area contributed by atoms with E-state index in [1.165, 1.54) is 13.2 Å². The van der Waals surface area contributed by atoms with Crippen molar-refractivity contribution < 1.29 is 36.9 Å². The van der Waals surface area contributed by atoms with E-state index in [-0.39, 0.29) is 23.8 Å². The Kier molecular flexibility index (Phi) is 7.87. The average molecular weight is 645 g/mol. The van der Waals surface area contributed by atoms with Crippen molar-refractivity contribution in [2.45, 2.75) is 62.6 Å². The number of fused-ring (bicyclic) bond motifs is 3. The quantitative estimate of drug-likeness (QED) is 0.203. The molecular weight excluding hydrogens is 609 g/mol. The molecule has 0 bridgehead atoms. The molecule has 0 saturated heterocycles. The Hall–Kier alpha value is -3.65. The number of benzene rings is 3. The van der Waals surface area contributed by atoms with Crippen molar-refractivity contribution in [3.8, 4) is 5.75 Å². The van der Waals surface area contributed by atoms with Crippen LogP contribution in [-0.2, 0) is 30.9 Å². The van der Waals surface area contributed by atoms with Crippen LogP contribution in [0.25, 0.3) is 11.0 Å². The first-order chi connectivity index (χ1) is 21.2. The highest BCUT2D eigenvalue weighted by atomic mass is 32.3. The van der Waals surface area contributed by atoms with Gasteiger partial charge >= 0.3 is 12.1 Å². The summed E-state index contributed by atoms with van der Waals surface area (Å²) in [4.78, 5) is 12.1. The van der Waals surface area contributed by atoms with Gasteiger partial charge in [0.1, 0.15) is 16.8 Å². The van der Waals surface area contributed by atoms with Gasteiger partial charge < -0.3 is 9.84 Å². The first-order valence-electron chi connectivity index (χ1n) is 14.7. The molecule has 4 aromatic rings. The Morgan fingerprint density at radius 2 is 1.93 bits per heavy atom. The van der Waals surface area contributed by atoms with Gasteiger partial charge in [-0.25, -0.2) is 4.68 Å². The van der Waals surface area contributed by atoms with Crippen LogP contribution >= 0.6 is 10.8 Å². The van der Waals surface area contributed by atoms with Crippen molar-refractivity contribution in [3.63, 3.8) is 0 Å². The standard InChI is InChI=1S/C32H35F3N4O5S/c1-17-11-19-6-7-21(32(33,34)35)14-28(19)45(42,43)39(16-17)26-10-9-23-22(8-5-18(2)30(23)26)24(15-29(40)41)20-12-25-31(27(13-20)44-4)38(3)37-36-25/h5-8,12-14,17,24,26,42-43H,9-11,15-16H2,1-4H3,(H,40,41)/t17-,24?,26?/m0/s1. The van der Waals surface area contributed by atoms with Crippen LogP contribution in [0.3, 0.4) is 0 Å². The summed E-state index contributed by atoms with van der Waals surface area (Å²) in [6.45, 7) is 4.14. The molecule has 1 aliphatic heterocycles. The minimum Gasteiger partial charge on any atom is -0.494 e. The minimum absolute atomic E-state index is 0.0624. The second-order valence-corrected chi connectivity index (χ2v) is 14.1. The molecule has 240 valence electrons. The molecule has 2 aliphatic rings. The Balaban J connectivity index is 1.47.